The number of phenolic OH excluding ortho intramolecular Hbond substituents is 1. The van der Waals surface area contributed by atoms with Crippen LogP contribution in [-0.2, 0) is 16.0 Å². The number of aromatic nitrogens is 1. The summed E-state index contributed by atoms with van der Waals surface area (Å²) in [5, 5.41) is 9.83. The number of aromatic hydroxyl groups is 1. The van der Waals surface area contributed by atoms with Crippen molar-refractivity contribution < 1.29 is 24.2 Å². The number of carbonyl (C=O) groups excluding carboxylic acids is 2. The number of ether oxygens (including phenoxy) is 2. The number of hydrogen-bond acceptors (Lipinski definition) is 5. The van der Waals surface area contributed by atoms with Crippen molar-refractivity contribution in [1.29, 1.82) is 0 Å². The van der Waals surface area contributed by atoms with Crippen LogP contribution in [0.5, 0.6) is 5.75 Å². The molecule has 2 rings (SSSR count). The zero-order chi connectivity index (χ0) is 19.3. The van der Waals surface area contributed by atoms with Gasteiger partial charge in [-0.3, -0.25) is 4.79 Å². The van der Waals surface area contributed by atoms with E-state index < -0.39 is 5.97 Å². The molecule has 1 aromatic heterocycles. The second kappa shape index (κ2) is 8.67. The van der Waals surface area contributed by atoms with Gasteiger partial charge < -0.3 is 19.1 Å². The molecule has 0 atom stereocenters. The van der Waals surface area contributed by atoms with Crippen molar-refractivity contribution in [1.82, 2.24) is 4.57 Å². The molecule has 0 aliphatic rings. The summed E-state index contributed by atoms with van der Waals surface area (Å²) in [6.45, 7) is 6.66. The Labute approximate surface area is 153 Å². The summed E-state index contributed by atoms with van der Waals surface area (Å²) in [5.74, 6) is -1.14. The van der Waals surface area contributed by atoms with Gasteiger partial charge >= 0.3 is 5.97 Å². The SMILES string of the molecule is COCCCn1c(C)cc(C(=O)COC(=O)c2ccc(C)cc2O)c1C. The Bertz CT molecular complexity index is 807. The molecule has 0 unspecified atom stereocenters. The van der Waals surface area contributed by atoms with Gasteiger partial charge in [-0.15, -0.1) is 0 Å². The molecule has 0 aliphatic carbocycles. The lowest BCUT2D eigenvalue weighted by Crippen LogP contribution is -2.15. The quantitative estimate of drug-likeness (QED) is 0.445. The van der Waals surface area contributed by atoms with Gasteiger partial charge in [-0.05, 0) is 51.0 Å². The fourth-order valence-corrected chi connectivity index (χ4v) is 2.90. The molecule has 0 fully saturated rings. The topological polar surface area (TPSA) is 77.8 Å². The molecule has 6 heteroatoms. The van der Waals surface area contributed by atoms with Crippen LogP contribution >= 0.6 is 0 Å². The Morgan fingerprint density at radius 3 is 2.50 bits per heavy atom. The summed E-state index contributed by atoms with van der Waals surface area (Å²) < 4.78 is 12.2. The van der Waals surface area contributed by atoms with Crippen LogP contribution in [0.2, 0.25) is 0 Å². The predicted octanol–water partition coefficient (Wildman–Crippen LogP) is 3.20. The molecule has 2 aromatic rings. The zero-order valence-electron chi connectivity index (χ0n) is 15.7. The minimum Gasteiger partial charge on any atom is -0.507 e. The highest BCUT2D eigenvalue weighted by molar-refractivity contribution is 6.01. The van der Waals surface area contributed by atoms with Gasteiger partial charge in [-0.25, -0.2) is 4.79 Å². The second-order valence-corrected chi connectivity index (χ2v) is 6.30. The van der Waals surface area contributed by atoms with Crippen LogP contribution in [0.1, 0.15) is 44.1 Å². The zero-order valence-corrected chi connectivity index (χ0v) is 15.7. The average molecular weight is 359 g/mol. The molecule has 0 amide bonds. The first-order valence-corrected chi connectivity index (χ1v) is 8.50. The molecular weight excluding hydrogens is 334 g/mol. The summed E-state index contributed by atoms with van der Waals surface area (Å²) >= 11 is 0. The number of phenols is 1. The Hall–Kier alpha value is -2.60. The fraction of sp³-hybridized carbons (Fsp3) is 0.400. The highest BCUT2D eigenvalue weighted by atomic mass is 16.5. The number of Topliss-reactive ketones (excluding diaryl/α,β-unsaturated/α-hetero) is 1. The van der Waals surface area contributed by atoms with Gasteiger partial charge in [0, 0.05) is 37.2 Å². The smallest absolute Gasteiger partial charge is 0.342 e. The third-order valence-electron chi connectivity index (χ3n) is 4.31. The highest BCUT2D eigenvalue weighted by Crippen LogP contribution is 2.20. The molecule has 0 saturated heterocycles. The number of esters is 1. The van der Waals surface area contributed by atoms with Crippen molar-refractivity contribution in [2.24, 2.45) is 0 Å². The van der Waals surface area contributed by atoms with Crippen molar-refractivity contribution in [2.45, 2.75) is 33.7 Å². The van der Waals surface area contributed by atoms with Gasteiger partial charge in [0.15, 0.2) is 6.61 Å². The summed E-state index contributed by atoms with van der Waals surface area (Å²) in [4.78, 5) is 24.5. The van der Waals surface area contributed by atoms with Crippen molar-refractivity contribution in [3.63, 3.8) is 0 Å². The minimum atomic E-state index is -0.718. The van der Waals surface area contributed by atoms with Crippen molar-refractivity contribution in [3.05, 3.63) is 52.3 Å². The van der Waals surface area contributed by atoms with Crippen LogP contribution in [0, 0.1) is 20.8 Å². The van der Waals surface area contributed by atoms with Crippen LogP contribution in [0.4, 0.5) is 0 Å². The van der Waals surface area contributed by atoms with E-state index in [0.717, 1.165) is 29.9 Å². The Kier molecular flexibility index (Phi) is 6.58. The maximum absolute atomic E-state index is 12.5. The molecule has 0 saturated carbocycles. The lowest BCUT2D eigenvalue weighted by Gasteiger charge is -2.09. The third kappa shape index (κ3) is 4.52. The number of carbonyl (C=O) groups is 2. The first-order valence-electron chi connectivity index (χ1n) is 8.50. The van der Waals surface area contributed by atoms with E-state index in [9.17, 15) is 14.7 Å². The van der Waals surface area contributed by atoms with E-state index in [1.54, 1.807) is 20.1 Å². The van der Waals surface area contributed by atoms with Crippen LogP contribution < -0.4 is 0 Å². The molecular formula is C20H25NO5. The minimum absolute atomic E-state index is 0.0495. The van der Waals surface area contributed by atoms with Crippen molar-refractivity contribution in [2.75, 3.05) is 20.3 Å². The van der Waals surface area contributed by atoms with Crippen LogP contribution in [0.25, 0.3) is 0 Å². The lowest BCUT2D eigenvalue weighted by atomic mass is 10.1. The number of hydrogen-bond donors (Lipinski definition) is 1. The number of rotatable bonds is 8. The first-order chi connectivity index (χ1) is 12.3. The normalized spacial score (nSPS) is 10.8. The van der Waals surface area contributed by atoms with Crippen LogP contribution in [0.15, 0.2) is 24.3 Å². The summed E-state index contributed by atoms with van der Waals surface area (Å²) in [6.07, 6.45) is 0.849. The van der Waals surface area contributed by atoms with E-state index in [1.165, 1.54) is 12.1 Å². The van der Waals surface area contributed by atoms with Gasteiger partial charge in [0.05, 0.1) is 0 Å². The highest BCUT2D eigenvalue weighted by Gasteiger charge is 2.19. The molecule has 1 aromatic carbocycles. The van der Waals surface area contributed by atoms with Gasteiger partial charge in [0.2, 0.25) is 5.78 Å². The number of methoxy groups -OCH3 is 1. The maximum atomic E-state index is 12.5. The standard InChI is InChI=1S/C20H25NO5/c1-13-6-7-16(18(22)10-13)20(24)26-12-19(23)17-11-14(2)21(15(17)3)8-5-9-25-4/h6-7,10-11,22H,5,8-9,12H2,1-4H3. The van der Waals surface area contributed by atoms with Gasteiger partial charge in [0.1, 0.15) is 11.3 Å². The van der Waals surface area contributed by atoms with Crippen LogP contribution in [-0.4, -0.2) is 41.7 Å². The molecule has 6 nitrogen and oxygen atoms in total. The monoisotopic (exact) mass is 359 g/mol. The molecule has 0 radical (unpaired) electrons. The number of benzene rings is 1. The lowest BCUT2D eigenvalue weighted by molar-refractivity contribution is 0.0471. The molecule has 1 heterocycles. The molecule has 1 N–H and O–H groups in total. The first kappa shape index (κ1) is 19.7. The van der Waals surface area contributed by atoms with Crippen molar-refractivity contribution >= 4 is 11.8 Å². The fourth-order valence-electron chi connectivity index (χ4n) is 2.90. The Morgan fingerprint density at radius 1 is 1.12 bits per heavy atom. The Balaban J connectivity index is 2.03. The van der Waals surface area contributed by atoms with E-state index in [1.807, 2.05) is 19.9 Å². The average Bonchev–Trinajstić information content (AvgIpc) is 2.87. The second-order valence-electron chi connectivity index (χ2n) is 6.30. The molecule has 0 bridgehead atoms. The summed E-state index contributed by atoms with van der Waals surface area (Å²) in [5.41, 5.74) is 3.24. The molecule has 0 spiro atoms. The van der Waals surface area contributed by atoms with E-state index in [4.69, 9.17) is 9.47 Å². The Morgan fingerprint density at radius 2 is 1.85 bits per heavy atom. The molecule has 26 heavy (non-hydrogen) atoms. The predicted molar refractivity (Wildman–Crippen MR) is 97.9 cm³/mol. The maximum Gasteiger partial charge on any atom is 0.342 e. The van der Waals surface area contributed by atoms with Gasteiger partial charge in [-0.2, -0.15) is 0 Å². The third-order valence-corrected chi connectivity index (χ3v) is 4.31. The van der Waals surface area contributed by atoms with E-state index in [2.05, 4.69) is 4.57 Å². The number of ketones is 1. The molecule has 140 valence electrons. The largest absolute Gasteiger partial charge is 0.507 e. The van der Waals surface area contributed by atoms with Crippen molar-refractivity contribution in [3.8, 4) is 5.75 Å². The number of aryl methyl sites for hydroxylation is 2. The van der Waals surface area contributed by atoms with E-state index in [-0.39, 0.29) is 23.7 Å². The van der Waals surface area contributed by atoms with Crippen LogP contribution in [0.3, 0.4) is 0 Å². The van der Waals surface area contributed by atoms with E-state index >= 15 is 0 Å². The van der Waals surface area contributed by atoms with Gasteiger partial charge in [-0.1, -0.05) is 6.07 Å². The number of nitrogens with zero attached hydrogens (tertiary/aromatic N) is 1. The van der Waals surface area contributed by atoms with E-state index in [0.29, 0.717) is 12.2 Å². The summed E-state index contributed by atoms with van der Waals surface area (Å²) in [6, 6.07) is 6.47. The molecule has 0 aliphatic heterocycles. The summed E-state index contributed by atoms with van der Waals surface area (Å²) in [7, 11) is 1.66. The van der Waals surface area contributed by atoms with Gasteiger partial charge in [0.25, 0.3) is 0 Å².